The molecule has 1 saturated carbocycles. The maximum atomic E-state index is 11.8. The SMILES string of the molecule is O=C1OC(=C2CCCCC2)Oc2ccccc21. The Labute approximate surface area is 100 Å². The maximum absolute atomic E-state index is 11.8. The molecule has 3 nitrogen and oxygen atoms in total. The van der Waals surface area contributed by atoms with Crippen molar-refractivity contribution in [2.45, 2.75) is 32.1 Å². The van der Waals surface area contributed by atoms with Gasteiger partial charge >= 0.3 is 5.97 Å². The van der Waals surface area contributed by atoms with Crippen molar-refractivity contribution in [3.63, 3.8) is 0 Å². The normalized spacial score (nSPS) is 19.4. The monoisotopic (exact) mass is 230 g/mol. The van der Waals surface area contributed by atoms with Gasteiger partial charge in [-0.25, -0.2) is 4.79 Å². The van der Waals surface area contributed by atoms with Gasteiger partial charge < -0.3 is 9.47 Å². The lowest BCUT2D eigenvalue weighted by atomic mass is 9.95. The van der Waals surface area contributed by atoms with Crippen LogP contribution in [0.1, 0.15) is 42.5 Å². The molecule has 0 atom stereocenters. The van der Waals surface area contributed by atoms with Crippen molar-refractivity contribution >= 4 is 5.97 Å². The third kappa shape index (κ3) is 1.93. The highest BCUT2D eigenvalue weighted by Gasteiger charge is 2.26. The highest BCUT2D eigenvalue weighted by molar-refractivity contribution is 5.94. The van der Waals surface area contributed by atoms with E-state index in [0.29, 0.717) is 17.3 Å². The summed E-state index contributed by atoms with van der Waals surface area (Å²) in [4.78, 5) is 11.8. The second-order valence-electron chi connectivity index (χ2n) is 4.44. The standard InChI is InChI=1S/C14H14O3/c15-13-11-8-4-5-9-12(11)16-14(17-13)10-6-2-1-3-7-10/h4-5,8-9H,1-3,6-7H2. The molecule has 1 aromatic carbocycles. The van der Waals surface area contributed by atoms with E-state index in [-0.39, 0.29) is 5.97 Å². The molecule has 2 aliphatic rings. The number of para-hydroxylation sites is 1. The Morgan fingerprint density at radius 1 is 0.941 bits per heavy atom. The van der Waals surface area contributed by atoms with Gasteiger partial charge in [0.1, 0.15) is 11.3 Å². The Morgan fingerprint density at radius 3 is 2.53 bits per heavy atom. The molecular formula is C14H14O3. The van der Waals surface area contributed by atoms with Gasteiger partial charge in [0, 0.05) is 5.57 Å². The van der Waals surface area contributed by atoms with Crippen LogP contribution >= 0.6 is 0 Å². The van der Waals surface area contributed by atoms with E-state index in [1.54, 1.807) is 12.1 Å². The number of hydrogen-bond acceptors (Lipinski definition) is 3. The molecule has 3 heteroatoms. The summed E-state index contributed by atoms with van der Waals surface area (Å²) in [5.74, 6) is 0.727. The van der Waals surface area contributed by atoms with Gasteiger partial charge in [0.25, 0.3) is 5.95 Å². The van der Waals surface area contributed by atoms with Crippen LogP contribution in [0.5, 0.6) is 5.75 Å². The number of esters is 1. The van der Waals surface area contributed by atoms with Crippen LogP contribution < -0.4 is 4.74 Å². The number of carbonyl (C=O) groups excluding carboxylic acids is 1. The van der Waals surface area contributed by atoms with Gasteiger partial charge in [0.05, 0.1) is 0 Å². The molecular weight excluding hydrogens is 216 g/mol. The van der Waals surface area contributed by atoms with Gasteiger partial charge in [-0.05, 0) is 37.8 Å². The summed E-state index contributed by atoms with van der Waals surface area (Å²) in [5, 5.41) is 0. The Kier molecular flexibility index (Phi) is 2.59. The van der Waals surface area contributed by atoms with Crippen molar-refractivity contribution in [3.05, 3.63) is 41.3 Å². The molecule has 1 aromatic rings. The molecule has 3 rings (SSSR count). The van der Waals surface area contributed by atoms with Crippen LogP contribution in [0.25, 0.3) is 0 Å². The third-order valence-corrected chi connectivity index (χ3v) is 3.24. The first kappa shape index (κ1) is 10.4. The fraction of sp³-hybridized carbons (Fsp3) is 0.357. The van der Waals surface area contributed by atoms with Crippen molar-refractivity contribution in [2.75, 3.05) is 0 Å². The lowest BCUT2D eigenvalue weighted by Crippen LogP contribution is -2.19. The summed E-state index contributed by atoms with van der Waals surface area (Å²) in [5.41, 5.74) is 1.65. The van der Waals surface area contributed by atoms with Crippen molar-refractivity contribution in [2.24, 2.45) is 0 Å². The summed E-state index contributed by atoms with van der Waals surface area (Å²) in [7, 11) is 0. The van der Waals surface area contributed by atoms with E-state index in [0.717, 1.165) is 31.3 Å². The summed E-state index contributed by atoms with van der Waals surface area (Å²) in [6, 6.07) is 7.20. The number of hydrogen-bond donors (Lipinski definition) is 0. The van der Waals surface area contributed by atoms with E-state index in [4.69, 9.17) is 9.47 Å². The summed E-state index contributed by atoms with van der Waals surface area (Å²) in [6.07, 6.45) is 5.51. The Bertz CT molecular complexity index is 480. The molecule has 1 heterocycles. The average molecular weight is 230 g/mol. The van der Waals surface area contributed by atoms with Gasteiger partial charge in [0.2, 0.25) is 0 Å². The lowest BCUT2D eigenvalue weighted by Gasteiger charge is -2.23. The van der Waals surface area contributed by atoms with E-state index in [2.05, 4.69) is 0 Å². The predicted octanol–water partition coefficient (Wildman–Crippen LogP) is 3.41. The first-order valence-corrected chi connectivity index (χ1v) is 6.06. The highest BCUT2D eigenvalue weighted by atomic mass is 16.7. The van der Waals surface area contributed by atoms with E-state index in [1.807, 2.05) is 12.1 Å². The van der Waals surface area contributed by atoms with Crippen LogP contribution in [-0.4, -0.2) is 5.97 Å². The molecule has 0 amide bonds. The Hall–Kier alpha value is -1.77. The van der Waals surface area contributed by atoms with Gasteiger partial charge in [-0.15, -0.1) is 0 Å². The fourth-order valence-electron chi connectivity index (χ4n) is 2.31. The van der Waals surface area contributed by atoms with Crippen LogP contribution in [0.4, 0.5) is 0 Å². The highest BCUT2D eigenvalue weighted by Crippen LogP contribution is 2.33. The zero-order valence-electron chi connectivity index (χ0n) is 9.57. The van der Waals surface area contributed by atoms with Crippen LogP contribution in [0.3, 0.4) is 0 Å². The third-order valence-electron chi connectivity index (χ3n) is 3.24. The minimum atomic E-state index is -0.306. The fourth-order valence-corrected chi connectivity index (χ4v) is 2.31. The van der Waals surface area contributed by atoms with Crippen LogP contribution in [-0.2, 0) is 4.74 Å². The second kappa shape index (κ2) is 4.24. The molecule has 0 saturated heterocycles. The quantitative estimate of drug-likeness (QED) is 0.641. The van der Waals surface area contributed by atoms with Crippen molar-refractivity contribution < 1.29 is 14.3 Å². The van der Waals surface area contributed by atoms with Gasteiger partial charge in [-0.3, -0.25) is 0 Å². The van der Waals surface area contributed by atoms with Crippen LogP contribution in [0, 0.1) is 0 Å². The molecule has 0 radical (unpaired) electrons. The lowest BCUT2D eigenvalue weighted by molar-refractivity contribution is 0.0390. The number of carbonyl (C=O) groups is 1. The molecule has 0 spiro atoms. The first-order valence-electron chi connectivity index (χ1n) is 6.06. The minimum Gasteiger partial charge on any atom is -0.425 e. The zero-order valence-corrected chi connectivity index (χ0v) is 9.57. The van der Waals surface area contributed by atoms with E-state index < -0.39 is 0 Å². The Balaban J connectivity index is 1.95. The summed E-state index contributed by atoms with van der Waals surface area (Å²) in [6.45, 7) is 0. The number of allylic oxidation sites excluding steroid dienone is 1. The second-order valence-corrected chi connectivity index (χ2v) is 4.44. The van der Waals surface area contributed by atoms with Crippen LogP contribution in [0.15, 0.2) is 35.8 Å². The van der Waals surface area contributed by atoms with E-state index >= 15 is 0 Å². The summed E-state index contributed by atoms with van der Waals surface area (Å²) < 4.78 is 10.9. The van der Waals surface area contributed by atoms with Gasteiger partial charge in [-0.2, -0.15) is 0 Å². The molecule has 0 aromatic heterocycles. The molecule has 1 fully saturated rings. The maximum Gasteiger partial charge on any atom is 0.349 e. The van der Waals surface area contributed by atoms with Gasteiger partial charge in [-0.1, -0.05) is 18.6 Å². The number of fused-ring (bicyclic) bond motifs is 1. The molecule has 17 heavy (non-hydrogen) atoms. The smallest absolute Gasteiger partial charge is 0.349 e. The average Bonchev–Trinajstić information content (AvgIpc) is 2.40. The van der Waals surface area contributed by atoms with Crippen molar-refractivity contribution in [1.82, 2.24) is 0 Å². The zero-order chi connectivity index (χ0) is 11.7. The first-order chi connectivity index (χ1) is 8.34. The molecule has 1 aliphatic heterocycles. The number of rotatable bonds is 0. The van der Waals surface area contributed by atoms with E-state index in [9.17, 15) is 4.79 Å². The molecule has 0 N–H and O–H groups in total. The number of benzene rings is 1. The largest absolute Gasteiger partial charge is 0.425 e. The molecule has 0 unspecified atom stereocenters. The predicted molar refractivity (Wildman–Crippen MR) is 62.6 cm³/mol. The minimum absolute atomic E-state index is 0.306. The summed E-state index contributed by atoms with van der Waals surface area (Å²) >= 11 is 0. The van der Waals surface area contributed by atoms with Crippen molar-refractivity contribution in [1.29, 1.82) is 0 Å². The van der Waals surface area contributed by atoms with Gasteiger partial charge in [0.15, 0.2) is 0 Å². The molecule has 0 bridgehead atoms. The van der Waals surface area contributed by atoms with Crippen molar-refractivity contribution in [3.8, 4) is 5.75 Å². The topological polar surface area (TPSA) is 35.5 Å². The number of cyclic esters (lactones) is 1. The van der Waals surface area contributed by atoms with Crippen LogP contribution in [0.2, 0.25) is 0 Å². The molecule has 88 valence electrons. The number of ether oxygens (including phenoxy) is 2. The Morgan fingerprint density at radius 2 is 1.71 bits per heavy atom. The van der Waals surface area contributed by atoms with E-state index in [1.165, 1.54) is 6.42 Å². The molecule has 1 aliphatic carbocycles.